The zero-order valence-electron chi connectivity index (χ0n) is 14.7. The Morgan fingerprint density at radius 3 is 2.76 bits per heavy atom. The number of nitrogens with zero attached hydrogens (tertiary/aromatic N) is 2. The number of carbonyl (C=O) groups is 1. The van der Waals surface area contributed by atoms with Crippen molar-refractivity contribution < 1.29 is 9.90 Å². The Balaban J connectivity index is 1.67. The van der Waals surface area contributed by atoms with Crippen molar-refractivity contribution in [2.24, 2.45) is 7.05 Å². The Kier molecular flexibility index (Phi) is 4.76. The minimum atomic E-state index is -0.745. The van der Waals surface area contributed by atoms with Crippen LogP contribution in [0.2, 0.25) is 0 Å². The molecule has 130 valence electrons. The van der Waals surface area contributed by atoms with Crippen LogP contribution in [0.3, 0.4) is 0 Å². The van der Waals surface area contributed by atoms with Crippen LogP contribution in [0.15, 0.2) is 54.7 Å². The number of benzene rings is 2. The van der Waals surface area contributed by atoms with Crippen LogP contribution in [0.4, 0.5) is 5.69 Å². The van der Waals surface area contributed by atoms with Crippen LogP contribution >= 0.6 is 0 Å². The van der Waals surface area contributed by atoms with Crippen molar-refractivity contribution in [3.8, 4) is 0 Å². The number of anilines is 1. The van der Waals surface area contributed by atoms with E-state index in [1.165, 1.54) is 0 Å². The summed E-state index contributed by atoms with van der Waals surface area (Å²) in [7, 11) is 5.85. The lowest BCUT2D eigenvalue weighted by Crippen LogP contribution is -2.28. The first-order valence-electron chi connectivity index (χ1n) is 8.24. The van der Waals surface area contributed by atoms with Crippen LogP contribution in [0.1, 0.15) is 22.0 Å². The lowest BCUT2D eigenvalue weighted by atomic mass is 10.1. The number of rotatable bonds is 5. The smallest absolute Gasteiger partial charge is 0.251 e. The zero-order valence-corrected chi connectivity index (χ0v) is 14.7. The fraction of sp³-hybridized carbons (Fsp3) is 0.250. The zero-order chi connectivity index (χ0) is 18.0. The van der Waals surface area contributed by atoms with Crippen molar-refractivity contribution in [3.63, 3.8) is 0 Å². The van der Waals surface area contributed by atoms with E-state index in [0.29, 0.717) is 5.56 Å². The lowest BCUT2D eigenvalue weighted by molar-refractivity contribution is 0.0916. The van der Waals surface area contributed by atoms with Crippen LogP contribution < -0.4 is 10.2 Å². The van der Waals surface area contributed by atoms with Gasteiger partial charge in [0.25, 0.3) is 5.91 Å². The van der Waals surface area contributed by atoms with Crippen molar-refractivity contribution in [1.82, 2.24) is 9.88 Å². The molecule has 1 atom stereocenters. The third kappa shape index (κ3) is 3.67. The summed E-state index contributed by atoms with van der Waals surface area (Å²) in [6.07, 6.45) is 1.24. The van der Waals surface area contributed by atoms with Crippen LogP contribution in [0, 0.1) is 0 Å². The number of aliphatic hydroxyl groups excluding tert-OH is 1. The van der Waals surface area contributed by atoms with Gasteiger partial charge >= 0.3 is 0 Å². The summed E-state index contributed by atoms with van der Waals surface area (Å²) in [5.41, 5.74) is 3.45. The molecule has 0 unspecified atom stereocenters. The molecular formula is C20H23N3O2. The lowest BCUT2D eigenvalue weighted by Gasteiger charge is -2.15. The molecule has 1 heterocycles. The van der Waals surface area contributed by atoms with Gasteiger partial charge in [0.1, 0.15) is 0 Å². The summed E-state index contributed by atoms with van der Waals surface area (Å²) < 4.78 is 2.03. The van der Waals surface area contributed by atoms with Gasteiger partial charge in [-0.1, -0.05) is 12.1 Å². The van der Waals surface area contributed by atoms with E-state index >= 15 is 0 Å². The maximum atomic E-state index is 12.3. The number of hydrogen-bond acceptors (Lipinski definition) is 3. The van der Waals surface area contributed by atoms with E-state index in [2.05, 4.69) is 5.32 Å². The summed E-state index contributed by atoms with van der Waals surface area (Å²) in [6.45, 7) is 0.170. The molecule has 5 nitrogen and oxygen atoms in total. The standard InChI is InChI=1S/C20H23N3O2/c1-22(2)17-6-4-5-16(12-17)20(25)21-13-19(24)15-7-8-18-14(11-15)9-10-23(18)3/h4-12,19,24H,13H2,1-3H3,(H,21,25)/t19-/m0/s1. The highest BCUT2D eigenvalue weighted by molar-refractivity contribution is 5.95. The molecule has 3 aromatic rings. The number of nitrogens with one attached hydrogen (secondary N) is 1. The van der Waals surface area contributed by atoms with E-state index < -0.39 is 6.10 Å². The summed E-state index contributed by atoms with van der Waals surface area (Å²) in [6, 6.07) is 15.2. The highest BCUT2D eigenvalue weighted by atomic mass is 16.3. The Morgan fingerprint density at radius 2 is 2.00 bits per heavy atom. The quantitative estimate of drug-likeness (QED) is 0.753. The normalized spacial score (nSPS) is 12.2. The Hall–Kier alpha value is -2.79. The number of aryl methyl sites for hydroxylation is 1. The van der Waals surface area contributed by atoms with Crippen molar-refractivity contribution in [2.75, 3.05) is 25.5 Å². The van der Waals surface area contributed by atoms with Crippen LogP contribution in [-0.4, -0.2) is 36.2 Å². The van der Waals surface area contributed by atoms with Gasteiger partial charge in [0, 0.05) is 50.7 Å². The first-order chi connectivity index (χ1) is 12.0. The van der Waals surface area contributed by atoms with Gasteiger partial charge < -0.3 is 19.9 Å². The molecule has 2 N–H and O–H groups in total. The monoisotopic (exact) mass is 337 g/mol. The van der Waals surface area contributed by atoms with E-state index in [0.717, 1.165) is 22.2 Å². The van der Waals surface area contributed by atoms with E-state index in [1.54, 1.807) is 6.07 Å². The minimum Gasteiger partial charge on any atom is -0.387 e. The summed E-state index contributed by atoms with van der Waals surface area (Å²) in [5.74, 6) is -0.191. The average Bonchev–Trinajstić information content (AvgIpc) is 3.00. The second-order valence-corrected chi connectivity index (χ2v) is 6.42. The van der Waals surface area contributed by atoms with Gasteiger partial charge in [-0.2, -0.15) is 0 Å². The Labute approximate surface area is 147 Å². The predicted octanol–water partition coefficient (Wildman–Crippen LogP) is 2.71. The molecule has 25 heavy (non-hydrogen) atoms. The molecule has 0 spiro atoms. The van der Waals surface area contributed by atoms with Gasteiger partial charge in [0.15, 0.2) is 0 Å². The molecular weight excluding hydrogens is 314 g/mol. The first-order valence-corrected chi connectivity index (χ1v) is 8.24. The van der Waals surface area contributed by atoms with Gasteiger partial charge in [-0.05, 0) is 47.3 Å². The predicted molar refractivity (Wildman–Crippen MR) is 101 cm³/mol. The Morgan fingerprint density at radius 1 is 1.20 bits per heavy atom. The van der Waals surface area contributed by atoms with Gasteiger partial charge in [0.05, 0.1) is 6.10 Å². The number of aliphatic hydroxyl groups is 1. The molecule has 2 aromatic carbocycles. The summed E-state index contributed by atoms with van der Waals surface area (Å²) >= 11 is 0. The molecule has 1 amide bonds. The molecule has 0 bridgehead atoms. The third-order valence-corrected chi connectivity index (χ3v) is 4.37. The highest BCUT2D eigenvalue weighted by Gasteiger charge is 2.12. The van der Waals surface area contributed by atoms with Gasteiger partial charge in [0.2, 0.25) is 0 Å². The first kappa shape index (κ1) is 17.0. The fourth-order valence-electron chi connectivity index (χ4n) is 2.84. The van der Waals surface area contributed by atoms with E-state index in [4.69, 9.17) is 0 Å². The Bertz CT molecular complexity index is 899. The fourth-order valence-corrected chi connectivity index (χ4v) is 2.84. The van der Waals surface area contributed by atoms with Crippen molar-refractivity contribution in [3.05, 3.63) is 65.9 Å². The number of hydrogen-bond donors (Lipinski definition) is 2. The molecule has 1 aromatic heterocycles. The largest absolute Gasteiger partial charge is 0.387 e. The number of amides is 1. The minimum absolute atomic E-state index is 0.170. The highest BCUT2D eigenvalue weighted by Crippen LogP contribution is 2.21. The van der Waals surface area contributed by atoms with Crippen molar-refractivity contribution in [2.45, 2.75) is 6.10 Å². The topological polar surface area (TPSA) is 57.5 Å². The maximum Gasteiger partial charge on any atom is 0.251 e. The summed E-state index contributed by atoms with van der Waals surface area (Å²) in [5, 5.41) is 14.3. The van der Waals surface area contributed by atoms with Crippen LogP contribution in [-0.2, 0) is 7.05 Å². The summed E-state index contributed by atoms with van der Waals surface area (Å²) in [4.78, 5) is 14.3. The SMILES string of the molecule is CN(C)c1cccc(C(=O)NC[C@H](O)c2ccc3c(ccn3C)c2)c1. The molecule has 0 saturated carbocycles. The van der Waals surface area contributed by atoms with Gasteiger partial charge in [-0.15, -0.1) is 0 Å². The molecule has 0 radical (unpaired) electrons. The number of carbonyl (C=O) groups excluding carboxylic acids is 1. The molecule has 0 saturated heterocycles. The van der Waals surface area contributed by atoms with E-state index in [9.17, 15) is 9.90 Å². The number of aromatic nitrogens is 1. The molecule has 3 rings (SSSR count). The molecule has 0 aliphatic rings. The molecule has 5 heteroatoms. The number of fused-ring (bicyclic) bond motifs is 1. The second kappa shape index (κ2) is 6.99. The van der Waals surface area contributed by atoms with Gasteiger partial charge in [-0.3, -0.25) is 4.79 Å². The van der Waals surface area contributed by atoms with Gasteiger partial charge in [-0.25, -0.2) is 0 Å². The second-order valence-electron chi connectivity index (χ2n) is 6.42. The maximum absolute atomic E-state index is 12.3. The van der Waals surface area contributed by atoms with Crippen LogP contribution in [0.5, 0.6) is 0 Å². The van der Waals surface area contributed by atoms with E-state index in [-0.39, 0.29) is 12.5 Å². The van der Waals surface area contributed by atoms with E-state index in [1.807, 2.05) is 79.3 Å². The van der Waals surface area contributed by atoms with Crippen molar-refractivity contribution in [1.29, 1.82) is 0 Å². The molecule has 0 aliphatic carbocycles. The molecule has 0 fully saturated rings. The average molecular weight is 337 g/mol. The third-order valence-electron chi connectivity index (χ3n) is 4.37. The molecule has 0 aliphatic heterocycles. The van der Waals surface area contributed by atoms with Crippen LogP contribution in [0.25, 0.3) is 10.9 Å². The van der Waals surface area contributed by atoms with Crippen molar-refractivity contribution >= 4 is 22.5 Å².